The molecule has 2 aliphatic rings. The van der Waals surface area contributed by atoms with Gasteiger partial charge in [0, 0.05) is 29.5 Å². The molecule has 1 N–H and O–H groups in total. The van der Waals surface area contributed by atoms with Gasteiger partial charge in [-0.15, -0.1) is 0 Å². The summed E-state index contributed by atoms with van der Waals surface area (Å²) in [6.07, 6.45) is 6.46. The summed E-state index contributed by atoms with van der Waals surface area (Å²) in [6.45, 7) is 0.0960. The third kappa shape index (κ3) is 2.40. The molecule has 1 heterocycles. The smallest absolute Gasteiger partial charge is 0.323 e. The van der Waals surface area contributed by atoms with Gasteiger partial charge < -0.3 is 10.0 Å². The maximum Gasteiger partial charge on any atom is 0.323 e. The van der Waals surface area contributed by atoms with E-state index in [0.29, 0.717) is 12.0 Å². The summed E-state index contributed by atoms with van der Waals surface area (Å²) in [5.41, 5.74) is 2.14. The molecule has 1 aromatic heterocycles. The van der Waals surface area contributed by atoms with Crippen LogP contribution in [0, 0.1) is 0 Å². The molecule has 2 aliphatic carbocycles. The SMILES string of the molecule is O=C(O)CN(c1ccnc(C2CC2)c1)C1CC1. The van der Waals surface area contributed by atoms with Crippen LogP contribution in [0.15, 0.2) is 18.3 Å². The Labute approximate surface area is 100 Å². The monoisotopic (exact) mass is 232 g/mol. The number of aromatic nitrogens is 1. The van der Waals surface area contributed by atoms with Crippen molar-refractivity contribution >= 4 is 11.7 Å². The Balaban J connectivity index is 1.83. The van der Waals surface area contributed by atoms with Gasteiger partial charge in [0.25, 0.3) is 0 Å². The Kier molecular flexibility index (Phi) is 2.50. The fourth-order valence-electron chi connectivity index (χ4n) is 2.18. The first kappa shape index (κ1) is 10.6. The van der Waals surface area contributed by atoms with Gasteiger partial charge in [0.2, 0.25) is 0 Å². The normalized spacial score (nSPS) is 19.1. The van der Waals surface area contributed by atoms with E-state index in [4.69, 9.17) is 5.11 Å². The van der Waals surface area contributed by atoms with Crippen molar-refractivity contribution in [3.8, 4) is 0 Å². The number of pyridine rings is 1. The van der Waals surface area contributed by atoms with Crippen molar-refractivity contribution in [2.75, 3.05) is 11.4 Å². The Bertz CT molecular complexity index is 439. The van der Waals surface area contributed by atoms with Crippen LogP contribution in [0.25, 0.3) is 0 Å². The van der Waals surface area contributed by atoms with E-state index < -0.39 is 5.97 Å². The van der Waals surface area contributed by atoms with Gasteiger partial charge in [0.1, 0.15) is 6.54 Å². The molecule has 0 bridgehead atoms. The second-order valence-corrected chi connectivity index (χ2v) is 4.97. The van der Waals surface area contributed by atoms with Crippen molar-refractivity contribution in [3.05, 3.63) is 24.0 Å². The molecule has 0 aromatic carbocycles. The third-order valence-corrected chi connectivity index (χ3v) is 3.39. The summed E-state index contributed by atoms with van der Waals surface area (Å²) < 4.78 is 0. The van der Waals surface area contributed by atoms with Gasteiger partial charge in [0.15, 0.2) is 0 Å². The highest BCUT2D eigenvalue weighted by Gasteiger charge is 2.32. The molecule has 4 heteroatoms. The zero-order valence-corrected chi connectivity index (χ0v) is 9.67. The van der Waals surface area contributed by atoms with Gasteiger partial charge in [-0.1, -0.05) is 0 Å². The fraction of sp³-hybridized carbons (Fsp3) is 0.538. The van der Waals surface area contributed by atoms with Crippen molar-refractivity contribution in [1.82, 2.24) is 4.98 Å². The topological polar surface area (TPSA) is 53.4 Å². The lowest BCUT2D eigenvalue weighted by molar-refractivity contribution is -0.135. The predicted octanol–water partition coefficient (Wildman–Crippen LogP) is 2.01. The Morgan fingerprint density at radius 1 is 1.41 bits per heavy atom. The van der Waals surface area contributed by atoms with Gasteiger partial charge >= 0.3 is 5.97 Å². The molecule has 0 spiro atoms. The van der Waals surface area contributed by atoms with E-state index in [1.165, 1.54) is 12.8 Å². The molecule has 2 saturated carbocycles. The second kappa shape index (κ2) is 4.02. The second-order valence-electron chi connectivity index (χ2n) is 4.97. The molecule has 4 nitrogen and oxygen atoms in total. The minimum absolute atomic E-state index is 0.0960. The van der Waals surface area contributed by atoms with Crippen LogP contribution in [0.5, 0.6) is 0 Å². The number of hydrogen-bond donors (Lipinski definition) is 1. The van der Waals surface area contributed by atoms with E-state index in [2.05, 4.69) is 11.1 Å². The lowest BCUT2D eigenvalue weighted by Gasteiger charge is -2.22. The van der Waals surface area contributed by atoms with E-state index in [-0.39, 0.29) is 6.54 Å². The summed E-state index contributed by atoms with van der Waals surface area (Å²) >= 11 is 0. The van der Waals surface area contributed by atoms with Crippen LogP contribution in [0.2, 0.25) is 0 Å². The number of carbonyl (C=O) groups is 1. The lowest BCUT2D eigenvalue weighted by Crippen LogP contribution is -2.31. The summed E-state index contributed by atoms with van der Waals surface area (Å²) in [7, 11) is 0. The van der Waals surface area contributed by atoms with E-state index in [0.717, 1.165) is 24.2 Å². The molecule has 90 valence electrons. The number of anilines is 1. The van der Waals surface area contributed by atoms with Crippen LogP contribution >= 0.6 is 0 Å². The molecule has 17 heavy (non-hydrogen) atoms. The van der Waals surface area contributed by atoms with Gasteiger partial charge in [0.05, 0.1) is 0 Å². The van der Waals surface area contributed by atoms with Crippen LogP contribution in [0.4, 0.5) is 5.69 Å². The standard InChI is InChI=1S/C13H16N2O2/c16-13(17)8-15(10-3-4-10)11-5-6-14-12(7-11)9-1-2-9/h5-7,9-10H,1-4,8H2,(H,16,17). The number of carboxylic acid groups (broad SMARTS) is 1. The summed E-state index contributed by atoms with van der Waals surface area (Å²) in [4.78, 5) is 17.3. The minimum Gasteiger partial charge on any atom is -0.480 e. The van der Waals surface area contributed by atoms with Crippen molar-refractivity contribution < 1.29 is 9.90 Å². The third-order valence-electron chi connectivity index (χ3n) is 3.39. The number of carboxylic acids is 1. The van der Waals surface area contributed by atoms with E-state index in [9.17, 15) is 4.79 Å². The summed E-state index contributed by atoms with van der Waals surface area (Å²) in [6, 6.07) is 4.41. The van der Waals surface area contributed by atoms with Crippen LogP contribution in [0.3, 0.4) is 0 Å². The first-order valence-electron chi connectivity index (χ1n) is 6.18. The highest BCUT2D eigenvalue weighted by Crippen LogP contribution is 2.40. The molecular weight excluding hydrogens is 216 g/mol. The number of aliphatic carboxylic acids is 1. The molecule has 0 saturated heterocycles. The molecule has 0 aliphatic heterocycles. The van der Waals surface area contributed by atoms with Gasteiger partial charge in [-0.05, 0) is 37.8 Å². The molecule has 0 amide bonds. The van der Waals surface area contributed by atoms with Crippen LogP contribution < -0.4 is 4.90 Å². The van der Waals surface area contributed by atoms with Crippen LogP contribution in [-0.4, -0.2) is 28.6 Å². The van der Waals surface area contributed by atoms with E-state index in [1.54, 1.807) is 6.20 Å². The number of rotatable bonds is 5. The van der Waals surface area contributed by atoms with E-state index in [1.807, 2.05) is 11.0 Å². The van der Waals surface area contributed by atoms with Crippen molar-refractivity contribution in [3.63, 3.8) is 0 Å². The average Bonchev–Trinajstić information content (AvgIpc) is 3.18. The first-order valence-corrected chi connectivity index (χ1v) is 6.18. The number of nitrogens with zero attached hydrogens (tertiary/aromatic N) is 2. The largest absolute Gasteiger partial charge is 0.480 e. The molecule has 1 aromatic rings. The van der Waals surface area contributed by atoms with Crippen LogP contribution in [-0.2, 0) is 4.79 Å². The Morgan fingerprint density at radius 3 is 2.76 bits per heavy atom. The molecule has 3 rings (SSSR count). The summed E-state index contributed by atoms with van der Waals surface area (Å²) in [5, 5.41) is 8.96. The summed E-state index contributed by atoms with van der Waals surface area (Å²) in [5.74, 6) is -0.150. The lowest BCUT2D eigenvalue weighted by atomic mass is 10.2. The van der Waals surface area contributed by atoms with Crippen molar-refractivity contribution in [2.45, 2.75) is 37.6 Å². The molecule has 0 radical (unpaired) electrons. The molecular formula is C13H16N2O2. The highest BCUT2D eigenvalue weighted by atomic mass is 16.4. The zero-order chi connectivity index (χ0) is 11.8. The first-order chi connectivity index (χ1) is 8.24. The quantitative estimate of drug-likeness (QED) is 0.843. The van der Waals surface area contributed by atoms with Crippen molar-refractivity contribution in [1.29, 1.82) is 0 Å². The van der Waals surface area contributed by atoms with Gasteiger partial charge in [-0.25, -0.2) is 0 Å². The van der Waals surface area contributed by atoms with Crippen LogP contribution in [0.1, 0.15) is 37.3 Å². The van der Waals surface area contributed by atoms with Crippen molar-refractivity contribution in [2.24, 2.45) is 0 Å². The Hall–Kier alpha value is -1.58. The van der Waals surface area contributed by atoms with E-state index >= 15 is 0 Å². The molecule has 0 unspecified atom stereocenters. The maximum atomic E-state index is 10.9. The molecule has 2 fully saturated rings. The fourth-order valence-corrected chi connectivity index (χ4v) is 2.18. The number of hydrogen-bond acceptors (Lipinski definition) is 3. The van der Waals surface area contributed by atoms with Gasteiger partial charge in [-0.3, -0.25) is 9.78 Å². The highest BCUT2D eigenvalue weighted by molar-refractivity contribution is 5.74. The average molecular weight is 232 g/mol. The van der Waals surface area contributed by atoms with Gasteiger partial charge in [-0.2, -0.15) is 0 Å². The predicted molar refractivity (Wildman–Crippen MR) is 64.2 cm³/mol. The molecule has 0 atom stereocenters. The minimum atomic E-state index is -0.762. The maximum absolute atomic E-state index is 10.9. The zero-order valence-electron chi connectivity index (χ0n) is 9.67. The Morgan fingerprint density at radius 2 is 2.18 bits per heavy atom.